The first-order chi connectivity index (χ1) is 7.49. The second kappa shape index (κ2) is 3.70. The molecule has 0 aliphatic carbocycles. The smallest absolute Gasteiger partial charge is 0.303 e. The zero-order valence-electron chi connectivity index (χ0n) is 9.23. The number of anilines is 1. The van der Waals surface area contributed by atoms with E-state index >= 15 is 0 Å². The Balaban J connectivity index is 2.33. The normalized spacial score (nSPS) is 28.2. The highest BCUT2D eigenvalue weighted by Gasteiger charge is 2.33. The lowest BCUT2D eigenvalue weighted by Gasteiger charge is -2.36. The fraction of sp³-hybridized carbons (Fsp3) is 0.600. The Hall–Kier alpha value is -1.72. The number of aliphatic carboxylic acids is 1. The molecule has 0 saturated heterocycles. The summed E-state index contributed by atoms with van der Waals surface area (Å²) in [5, 5.41) is 14.7. The summed E-state index contributed by atoms with van der Waals surface area (Å²) in [6, 6.07) is 1.51. The average Bonchev–Trinajstić information content (AvgIpc) is 2.53. The predicted molar refractivity (Wildman–Crippen MR) is 58.6 cm³/mol. The van der Waals surface area contributed by atoms with Crippen LogP contribution in [0.4, 0.5) is 5.82 Å². The van der Waals surface area contributed by atoms with Gasteiger partial charge in [-0.05, 0) is 13.8 Å². The van der Waals surface area contributed by atoms with Crippen LogP contribution in [0.5, 0.6) is 0 Å². The summed E-state index contributed by atoms with van der Waals surface area (Å²) in [5.41, 5.74) is -0.169. The molecule has 0 unspecified atom stereocenters. The monoisotopic (exact) mass is 225 g/mol. The predicted octanol–water partition coefficient (Wildman–Crippen LogP) is 0.642. The van der Waals surface area contributed by atoms with Crippen LogP contribution in [0.1, 0.15) is 26.3 Å². The van der Waals surface area contributed by atoms with Gasteiger partial charge in [0.1, 0.15) is 5.82 Å². The van der Waals surface area contributed by atoms with Crippen molar-refractivity contribution in [3.05, 3.63) is 16.4 Å². The topological polar surface area (TPSA) is 87.1 Å². The van der Waals surface area contributed by atoms with Gasteiger partial charge in [-0.1, -0.05) is 0 Å². The maximum Gasteiger partial charge on any atom is 0.303 e. The molecule has 1 aromatic heterocycles. The van der Waals surface area contributed by atoms with Gasteiger partial charge in [0.2, 0.25) is 0 Å². The number of aromatic amines is 1. The number of carboxylic acid groups (broad SMARTS) is 1. The SMILES string of the molecule is C[C@@H]1Nc2cc(=O)[nH]n2[C@H](C)[C@H]1CC(=O)O. The van der Waals surface area contributed by atoms with Crippen molar-refractivity contribution in [3.8, 4) is 0 Å². The van der Waals surface area contributed by atoms with Crippen LogP contribution in [0.15, 0.2) is 10.9 Å². The third kappa shape index (κ3) is 1.70. The molecule has 6 nitrogen and oxygen atoms in total. The van der Waals surface area contributed by atoms with Gasteiger partial charge >= 0.3 is 5.97 Å². The number of nitrogens with zero attached hydrogens (tertiary/aromatic N) is 1. The fourth-order valence-electron chi connectivity index (χ4n) is 2.34. The summed E-state index contributed by atoms with van der Waals surface area (Å²) in [6.07, 6.45) is 0.0922. The number of carbonyl (C=O) groups is 1. The molecule has 0 radical (unpaired) electrons. The first-order valence-electron chi connectivity index (χ1n) is 5.29. The van der Waals surface area contributed by atoms with Gasteiger partial charge < -0.3 is 10.4 Å². The van der Waals surface area contributed by atoms with Gasteiger partial charge in [0, 0.05) is 18.0 Å². The Morgan fingerprint density at radius 1 is 1.56 bits per heavy atom. The number of fused-ring (bicyclic) bond motifs is 1. The number of aromatic nitrogens is 2. The Labute approximate surface area is 92.3 Å². The molecule has 2 rings (SSSR count). The van der Waals surface area contributed by atoms with Gasteiger partial charge in [-0.2, -0.15) is 0 Å². The fourth-order valence-corrected chi connectivity index (χ4v) is 2.34. The molecular weight excluding hydrogens is 210 g/mol. The molecule has 0 aromatic carbocycles. The quantitative estimate of drug-likeness (QED) is 0.689. The van der Waals surface area contributed by atoms with Crippen molar-refractivity contribution in [2.24, 2.45) is 5.92 Å². The van der Waals surface area contributed by atoms with Crippen LogP contribution in [0.2, 0.25) is 0 Å². The van der Waals surface area contributed by atoms with Crippen molar-refractivity contribution in [2.45, 2.75) is 32.4 Å². The third-order valence-corrected chi connectivity index (χ3v) is 3.21. The zero-order valence-corrected chi connectivity index (χ0v) is 9.23. The minimum Gasteiger partial charge on any atom is -0.481 e. The molecular formula is C10H15N3O3. The Kier molecular flexibility index (Phi) is 2.49. The van der Waals surface area contributed by atoms with Crippen molar-refractivity contribution < 1.29 is 9.90 Å². The second-order valence-electron chi connectivity index (χ2n) is 4.31. The summed E-state index contributed by atoms with van der Waals surface area (Å²) in [4.78, 5) is 22.0. The molecule has 2 heterocycles. The molecule has 88 valence electrons. The van der Waals surface area contributed by atoms with E-state index < -0.39 is 5.97 Å². The lowest BCUT2D eigenvalue weighted by atomic mass is 9.89. The molecule has 6 heteroatoms. The summed E-state index contributed by atoms with van der Waals surface area (Å²) in [5.74, 6) is -0.122. The van der Waals surface area contributed by atoms with Gasteiger partial charge in [-0.25, -0.2) is 0 Å². The van der Waals surface area contributed by atoms with Gasteiger partial charge in [0.05, 0.1) is 12.5 Å². The van der Waals surface area contributed by atoms with Crippen molar-refractivity contribution in [2.75, 3.05) is 5.32 Å². The van der Waals surface area contributed by atoms with Gasteiger partial charge in [-0.3, -0.25) is 19.4 Å². The van der Waals surface area contributed by atoms with E-state index in [9.17, 15) is 9.59 Å². The van der Waals surface area contributed by atoms with Crippen molar-refractivity contribution in [1.82, 2.24) is 9.78 Å². The van der Waals surface area contributed by atoms with Crippen LogP contribution in [-0.2, 0) is 4.79 Å². The van der Waals surface area contributed by atoms with Crippen LogP contribution in [0.3, 0.4) is 0 Å². The molecule has 0 fully saturated rings. The van der Waals surface area contributed by atoms with Crippen LogP contribution >= 0.6 is 0 Å². The molecule has 0 saturated carbocycles. The van der Waals surface area contributed by atoms with Gasteiger partial charge in [-0.15, -0.1) is 0 Å². The van der Waals surface area contributed by atoms with Crippen LogP contribution in [-0.4, -0.2) is 26.9 Å². The van der Waals surface area contributed by atoms with Crippen LogP contribution in [0.25, 0.3) is 0 Å². The molecule has 0 spiro atoms. The highest BCUT2D eigenvalue weighted by atomic mass is 16.4. The molecule has 0 bridgehead atoms. The Bertz CT molecular complexity index is 462. The zero-order chi connectivity index (χ0) is 11.9. The summed E-state index contributed by atoms with van der Waals surface area (Å²) in [6.45, 7) is 3.86. The second-order valence-corrected chi connectivity index (χ2v) is 4.31. The summed E-state index contributed by atoms with van der Waals surface area (Å²) >= 11 is 0. The highest BCUT2D eigenvalue weighted by molar-refractivity contribution is 5.67. The van der Waals surface area contributed by atoms with Crippen LogP contribution in [0, 0.1) is 5.92 Å². The van der Waals surface area contributed by atoms with E-state index in [0.717, 1.165) is 5.82 Å². The molecule has 16 heavy (non-hydrogen) atoms. The van der Waals surface area contributed by atoms with Crippen molar-refractivity contribution >= 4 is 11.8 Å². The van der Waals surface area contributed by atoms with Crippen molar-refractivity contribution in [1.29, 1.82) is 0 Å². The van der Waals surface area contributed by atoms with E-state index in [1.807, 2.05) is 13.8 Å². The standard InChI is InChI=1S/C10H15N3O3/c1-5-7(3-10(15)16)6(2)13-8(11-5)4-9(14)12-13/h4-7,11H,3H2,1-2H3,(H,12,14)(H,15,16)/t5-,6+,7-/m0/s1. The van der Waals surface area contributed by atoms with E-state index in [4.69, 9.17) is 5.11 Å². The lowest BCUT2D eigenvalue weighted by Crippen LogP contribution is -2.39. The Morgan fingerprint density at radius 2 is 2.25 bits per heavy atom. The van der Waals surface area contributed by atoms with E-state index in [1.165, 1.54) is 6.07 Å². The lowest BCUT2D eigenvalue weighted by molar-refractivity contribution is -0.138. The molecule has 3 atom stereocenters. The maximum absolute atomic E-state index is 11.2. The highest BCUT2D eigenvalue weighted by Crippen LogP contribution is 2.32. The first-order valence-corrected chi connectivity index (χ1v) is 5.29. The molecule has 1 aliphatic heterocycles. The van der Waals surface area contributed by atoms with Crippen molar-refractivity contribution in [3.63, 3.8) is 0 Å². The number of H-pyrrole nitrogens is 1. The van der Waals surface area contributed by atoms with E-state index in [2.05, 4.69) is 10.4 Å². The largest absolute Gasteiger partial charge is 0.481 e. The number of hydrogen-bond donors (Lipinski definition) is 3. The summed E-state index contributed by atoms with van der Waals surface area (Å²) < 4.78 is 1.70. The van der Waals surface area contributed by atoms with Crippen LogP contribution < -0.4 is 10.9 Å². The van der Waals surface area contributed by atoms with Gasteiger partial charge in [0.25, 0.3) is 5.56 Å². The van der Waals surface area contributed by atoms with E-state index in [0.29, 0.717) is 0 Å². The van der Waals surface area contributed by atoms with E-state index in [1.54, 1.807) is 4.68 Å². The number of hydrogen-bond acceptors (Lipinski definition) is 3. The number of rotatable bonds is 2. The molecule has 0 amide bonds. The van der Waals surface area contributed by atoms with Gasteiger partial charge in [0.15, 0.2) is 0 Å². The molecule has 1 aliphatic rings. The number of carboxylic acids is 1. The molecule has 1 aromatic rings. The Morgan fingerprint density at radius 3 is 2.88 bits per heavy atom. The number of nitrogens with one attached hydrogen (secondary N) is 2. The summed E-state index contributed by atoms with van der Waals surface area (Å²) in [7, 11) is 0. The minimum absolute atomic E-state index is 0.0231. The average molecular weight is 225 g/mol. The maximum atomic E-state index is 11.2. The first kappa shape index (κ1) is 10.8. The third-order valence-electron chi connectivity index (χ3n) is 3.21. The molecule has 3 N–H and O–H groups in total. The minimum atomic E-state index is -0.816. The van der Waals surface area contributed by atoms with E-state index in [-0.39, 0.29) is 30.0 Å².